The van der Waals surface area contributed by atoms with Gasteiger partial charge in [-0.2, -0.15) is 0 Å². The maximum absolute atomic E-state index is 12.9. The summed E-state index contributed by atoms with van der Waals surface area (Å²) < 4.78 is 22.0. The molecule has 0 radical (unpaired) electrons. The topological polar surface area (TPSA) is 88.1 Å². The highest BCUT2D eigenvalue weighted by Crippen LogP contribution is 2.47. The Morgan fingerprint density at radius 1 is 1.36 bits per heavy atom. The molecule has 2 aliphatic heterocycles. The minimum atomic E-state index is -1.70. The van der Waals surface area contributed by atoms with Gasteiger partial charge in [0.05, 0.1) is 25.1 Å². The molecule has 0 aromatic heterocycles. The van der Waals surface area contributed by atoms with Gasteiger partial charge in [0, 0.05) is 6.42 Å². The van der Waals surface area contributed by atoms with Crippen LogP contribution in [0.5, 0.6) is 11.5 Å². The summed E-state index contributed by atoms with van der Waals surface area (Å²) in [6, 6.07) is 1.71. The van der Waals surface area contributed by atoms with Crippen LogP contribution in [0.25, 0.3) is 0 Å². The molecule has 0 saturated carbocycles. The van der Waals surface area contributed by atoms with Gasteiger partial charge in [-0.15, -0.1) is 0 Å². The molecule has 0 bridgehead atoms. The van der Waals surface area contributed by atoms with Gasteiger partial charge in [-0.05, 0) is 40.9 Å². The molecule has 0 amide bonds. The molecule has 0 aliphatic carbocycles. The first kappa shape index (κ1) is 17.7. The number of ether oxygens (including phenoxy) is 4. The van der Waals surface area contributed by atoms with Gasteiger partial charge < -0.3 is 18.9 Å². The van der Waals surface area contributed by atoms with E-state index in [9.17, 15) is 14.4 Å². The van der Waals surface area contributed by atoms with Crippen molar-refractivity contribution in [3.05, 3.63) is 21.7 Å². The number of hydrogen-bond acceptors (Lipinski definition) is 7. The lowest BCUT2D eigenvalue weighted by atomic mass is 9.83. The lowest BCUT2D eigenvalue weighted by Gasteiger charge is -2.39. The molecule has 2 heterocycles. The summed E-state index contributed by atoms with van der Waals surface area (Å²) in [4.78, 5) is 37.0. The third-order valence-electron chi connectivity index (χ3n) is 4.51. The Morgan fingerprint density at radius 2 is 2.08 bits per heavy atom. The second-order valence-corrected chi connectivity index (χ2v) is 6.81. The zero-order valence-corrected chi connectivity index (χ0v) is 15.6. The Morgan fingerprint density at radius 3 is 2.64 bits per heavy atom. The lowest BCUT2D eigenvalue weighted by Crippen LogP contribution is -2.58. The van der Waals surface area contributed by atoms with Crippen molar-refractivity contribution < 1.29 is 33.3 Å². The SMILES string of the molecule is COC(=O)[C@]1([C@@H]2CCC(=O)O2)CC(=O)c2c(OC)cc(C)c(Br)c2O1. The molecule has 1 aromatic carbocycles. The van der Waals surface area contributed by atoms with Crippen LogP contribution in [0, 0.1) is 6.92 Å². The molecule has 1 fully saturated rings. The third-order valence-corrected chi connectivity index (χ3v) is 5.49. The Labute approximate surface area is 152 Å². The largest absolute Gasteiger partial charge is 0.496 e. The maximum atomic E-state index is 12.9. The first-order valence-corrected chi connectivity index (χ1v) is 8.50. The summed E-state index contributed by atoms with van der Waals surface area (Å²) in [6.45, 7) is 1.81. The maximum Gasteiger partial charge on any atom is 0.354 e. The Hall–Kier alpha value is -2.09. The minimum absolute atomic E-state index is 0.159. The highest BCUT2D eigenvalue weighted by molar-refractivity contribution is 9.10. The molecule has 0 N–H and O–H groups in total. The van der Waals surface area contributed by atoms with Gasteiger partial charge in [-0.3, -0.25) is 9.59 Å². The van der Waals surface area contributed by atoms with Crippen molar-refractivity contribution in [3.63, 3.8) is 0 Å². The van der Waals surface area contributed by atoms with Crippen molar-refractivity contribution in [2.24, 2.45) is 0 Å². The predicted molar refractivity (Wildman–Crippen MR) is 88.9 cm³/mol. The molecular weight excluding hydrogens is 396 g/mol. The number of rotatable bonds is 3. The van der Waals surface area contributed by atoms with Crippen LogP contribution in [-0.2, 0) is 19.1 Å². The molecule has 1 saturated heterocycles. The normalized spacial score (nSPS) is 25.0. The van der Waals surface area contributed by atoms with Crippen LogP contribution in [-0.4, -0.2) is 43.6 Å². The van der Waals surface area contributed by atoms with E-state index in [4.69, 9.17) is 18.9 Å². The summed E-state index contributed by atoms with van der Waals surface area (Å²) in [5, 5.41) is 0. The summed E-state index contributed by atoms with van der Waals surface area (Å²) in [7, 11) is 2.66. The van der Waals surface area contributed by atoms with E-state index < -0.39 is 23.6 Å². The number of Topliss-reactive ketones (excluding diaryl/α,β-unsaturated/α-hetero) is 1. The summed E-state index contributed by atoms with van der Waals surface area (Å²) in [5.74, 6) is -0.967. The molecule has 0 spiro atoms. The lowest BCUT2D eigenvalue weighted by molar-refractivity contribution is -0.175. The number of carbonyl (C=O) groups is 3. The van der Waals surface area contributed by atoms with Crippen LogP contribution >= 0.6 is 15.9 Å². The fourth-order valence-corrected chi connectivity index (χ4v) is 3.64. The van der Waals surface area contributed by atoms with Crippen molar-refractivity contribution in [2.75, 3.05) is 14.2 Å². The van der Waals surface area contributed by atoms with Crippen LogP contribution in [0.3, 0.4) is 0 Å². The van der Waals surface area contributed by atoms with Crippen LogP contribution in [0.1, 0.15) is 35.2 Å². The number of benzene rings is 1. The van der Waals surface area contributed by atoms with Crippen molar-refractivity contribution in [1.29, 1.82) is 0 Å². The Balaban J connectivity index is 2.17. The number of halogens is 1. The van der Waals surface area contributed by atoms with Gasteiger partial charge in [0.2, 0.25) is 5.60 Å². The average Bonchev–Trinajstić information content (AvgIpc) is 3.03. The van der Waals surface area contributed by atoms with Gasteiger partial charge in [-0.25, -0.2) is 4.79 Å². The molecule has 2 aliphatic rings. The Bertz CT molecular complexity index is 773. The minimum Gasteiger partial charge on any atom is -0.496 e. The molecule has 3 rings (SSSR count). The van der Waals surface area contributed by atoms with Gasteiger partial charge >= 0.3 is 11.9 Å². The second-order valence-electron chi connectivity index (χ2n) is 6.01. The van der Waals surface area contributed by atoms with Gasteiger partial charge in [0.25, 0.3) is 0 Å². The van der Waals surface area contributed by atoms with Crippen LogP contribution in [0.4, 0.5) is 0 Å². The molecule has 7 nitrogen and oxygen atoms in total. The third kappa shape index (κ3) is 2.68. The zero-order chi connectivity index (χ0) is 18.4. The second kappa shape index (κ2) is 6.33. The number of hydrogen-bond donors (Lipinski definition) is 0. The zero-order valence-electron chi connectivity index (χ0n) is 14.0. The van der Waals surface area contributed by atoms with Crippen molar-refractivity contribution in [2.45, 2.75) is 37.9 Å². The van der Waals surface area contributed by atoms with Crippen LogP contribution in [0.15, 0.2) is 10.5 Å². The molecule has 1 aromatic rings. The first-order chi connectivity index (χ1) is 11.8. The summed E-state index contributed by atoms with van der Waals surface area (Å²) >= 11 is 3.41. The highest BCUT2D eigenvalue weighted by atomic mass is 79.9. The fraction of sp³-hybridized carbons (Fsp3) is 0.471. The Kier molecular flexibility index (Phi) is 4.49. The summed E-state index contributed by atoms with van der Waals surface area (Å²) in [6.07, 6.45) is -0.748. The standard InChI is InChI=1S/C17H17BrO7/c1-8-6-10(22-2)13-9(19)7-17(16(21)23-3,25-15(13)14(8)18)11-4-5-12(20)24-11/h6,11H,4-5,7H2,1-3H3/t11-,17+/m0/s1. The van der Waals surface area contributed by atoms with E-state index in [1.54, 1.807) is 6.07 Å². The number of esters is 2. The van der Waals surface area contributed by atoms with Gasteiger partial charge in [0.1, 0.15) is 17.1 Å². The van der Waals surface area contributed by atoms with E-state index in [0.29, 0.717) is 10.2 Å². The molecule has 8 heteroatoms. The van der Waals surface area contributed by atoms with E-state index in [1.807, 2.05) is 6.92 Å². The van der Waals surface area contributed by atoms with Gasteiger partial charge in [0.15, 0.2) is 11.9 Å². The first-order valence-electron chi connectivity index (χ1n) is 7.71. The van der Waals surface area contributed by atoms with Crippen LogP contribution < -0.4 is 9.47 Å². The van der Waals surface area contributed by atoms with Crippen molar-refractivity contribution in [3.8, 4) is 11.5 Å². The van der Waals surface area contributed by atoms with E-state index in [1.165, 1.54) is 14.2 Å². The highest BCUT2D eigenvalue weighted by Gasteiger charge is 2.58. The molecular formula is C17H17BrO7. The molecule has 2 atom stereocenters. The van der Waals surface area contributed by atoms with E-state index >= 15 is 0 Å². The number of cyclic esters (lactones) is 1. The smallest absolute Gasteiger partial charge is 0.354 e. The average molecular weight is 413 g/mol. The quantitative estimate of drug-likeness (QED) is 0.703. The van der Waals surface area contributed by atoms with E-state index in [2.05, 4.69) is 15.9 Å². The fourth-order valence-electron chi connectivity index (χ4n) is 3.25. The molecule has 134 valence electrons. The number of methoxy groups -OCH3 is 2. The van der Waals surface area contributed by atoms with Gasteiger partial charge in [-0.1, -0.05) is 0 Å². The number of ketones is 1. The number of aryl methyl sites for hydroxylation is 1. The van der Waals surface area contributed by atoms with E-state index in [0.717, 1.165) is 5.56 Å². The predicted octanol–water partition coefficient (Wildman–Crippen LogP) is 2.35. The van der Waals surface area contributed by atoms with Crippen LogP contribution in [0.2, 0.25) is 0 Å². The van der Waals surface area contributed by atoms with E-state index in [-0.39, 0.29) is 36.4 Å². The molecule has 25 heavy (non-hydrogen) atoms. The molecule has 0 unspecified atom stereocenters. The van der Waals surface area contributed by atoms with Crippen molar-refractivity contribution >= 4 is 33.7 Å². The number of carbonyl (C=O) groups excluding carboxylic acids is 3. The summed E-state index contributed by atoms with van der Waals surface area (Å²) in [5.41, 5.74) is -0.678. The van der Waals surface area contributed by atoms with Crippen molar-refractivity contribution in [1.82, 2.24) is 0 Å². The monoisotopic (exact) mass is 412 g/mol. The number of fused-ring (bicyclic) bond motifs is 1.